The molecule has 1 atom stereocenters. The molecule has 6 heteroatoms. The number of aromatic nitrogens is 1. The molecule has 1 aromatic heterocycles. The molecule has 0 saturated carbocycles. The number of aryl methyl sites for hydroxylation is 1. The van der Waals surface area contributed by atoms with Crippen LogP contribution in [0.2, 0.25) is 0 Å². The second-order valence-corrected chi connectivity index (χ2v) is 6.52. The Balaban J connectivity index is 2.00. The van der Waals surface area contributed by atoms with Gasteiger partial charge in [0.1, 0.15) is 6.04 Å². The van der Waals surface area contributed by atoms with Crippen molar-refractivity contribution in [2.75, 3.05) is 24.6 Å². The number of nitrogens with zero attached hydrogens (tertiary/aromatic N) is 3. The van der Waals surface area contributed by atoms with Gasteiger partial charge in [-0.2, -0.15) is 0 Å². The molecular formula is C18H25N3O3. The Hall–Kier alpha value is -1.95. The van der Waals surface area contributed by atoms with Crippen LogP contribution in [0.4, 0.5) is 5.69 Å². The van der Waals surface area contributed by atoms with E-state index >= 15 is 0 Å². The van der Waals surface area contributed by atoms with E-state index in [1.54, 1.807) is 6.20 Å². The zero-order valence-corrected chi connectivity index (χ0v) is 14.2. The largest absolute Gasteiger partial charge is 0.396 e. The lowest BCUT2D eigenvalue weighted by molar-refractivity contribution is -0.129. The Kier molecular flexibility index (Phi) is 5.14. The molecule has 0 radical (unpaired) electrons. The maximum Gasteiger partial charge on any atom is 0.262 e. The molecule has 2 aliphatic rings. The monoisotopic (exact) mass is 331 g/mol. The first-order chi connectivity index (χ1) is 11.7. The molecular weight excluding hydrogens is 306 g/mol. The number of pyridine rings is 1. The summed E-state index contributed by atoms with van der Waals surface area (Å²) in [6.07, 6.45) is 6.81. The van der Waals surface area contributed by atoms with E-state index in [2.05, 4.69) is 11.9 Å². The second kappa shape index (κ2) is 7.30. The number of hydrogen-bond donors (Lipinski definition) is 1. The molecule has 130 valence electrons. The van der Waals surface area contributed by atoms with Crippen LogP contribution in [0, 0.1) is 0 Å². The van der Waals surface area contributed by atoms with Crippen LogP contribution in [0.1, 0.15) is 55.1 Å². The first kappa shape index (κ1) is 16.9. The van der Waals surface area contributed by atoms with Crippen LogP contribution < -0.4 is 4.90 Å². The molecule has 6 nitrogen and oxygen atoms in total. The van der Waals surface area contributed by atoms with Crippen LogP contribution in [-0.2, 0) is 11.2 Å². The van der Waals surface area contributed by atoms with Gasteiger partial charge >= 0.3 is 0 Å². The van der Waals surface area contributed by atoms with Crippen LogP contribution in [0.3, 0.4) is 0 Å². The van der Waals surface area contributed by atoms with Crippen molar-refractivity contribution in [3.8, 4) is 0 Å². The third kappa shape index (κ3) is 3.02. The summed E-state index contributed by atoms with van der Waals surface area (Å²) in [6, 6.07) is 1.57. The summed E-state index contributed by atoms with van der Waals surface area (Å²) in [6.45, 7) is 3.14. The maximum absolute atomic E-state index is 13.0. The van der Waals surface area contributed by atoms with Gasteiger partial charge in [-0.25, -0.2) is 0 Å². The first-order valence-electron chi connectivity index (χ1n) is 8.89. The average Bonchev–Trinajstić information content (AvgIpc) is 3.06. The molecule has 1 unspecified atom stereocenters. The van der Waals surface area contributed by atoms with Gasteiger partial charge in [-0.05, 0) is 38.2 Å². The number of hydrogen-bond acceptors (Lipinski definition) is 5. The molecule has 2 aliphatic heterocycles. The average molecular weight is 331 g/mol. The predicted octanol–water partition coefficient (Wildman–Crippen LogP) is 1.76. The third-order valence-corrected chi connectivity index (χ3v) is 4.85. The number of aliphatic hydroxyl groups is 1. The number of imide groups is 1. The van der Waals surface area contributed by atoms with Gasteiger partial charge in [0, 0.05) is 25.4 Å². The molecule has 0 bridgehead atoms. The van der Waals surface area contributed by atoms with Crippen LogP contribution in [-0.4, -0.2) is 52.5 Å². The van der Waals surface area contributed by atoms with Crippen LogP contribution in [0.25, 0.3) is 0 Å². The van der Waals surface area contributed by atoms with E-state index in [1.165, 1.54) is 4.90 Å². The van der Waals surface area contributed by atoms with Crippen molar-refractivity contribution in [2.24, 2.45) is 0 Å². The minimum Gasteiger partial charge on any atom is -0.396 e. The molecule has 0 aliphatic carbocycles. The number of fused-ring (bicyclic) bond motifs is 3. The second-order valence-electron chi connectivity index (χ2n) is 6.52. The minimum atomic E-state index is -0.280. The number of aliphatic hydroxyl groups excluding tert-OH is 1. The van der Waals surface area contributed by atoms with E-state index in [0.29, 0.717) is 12.0 Å². The van der Waals surface area contributed by atoms with Crippen molar-refractivity contribution in [3.63, 3.8) is 0 Å². The lowest BCUT2D eigenvalue weighted by Crippen LogP contribution is -2.45. The zero-order chi connectivity index (χ0) is 17.1. The molecule has 1 aromatic rings. The fourth-order valence-electron chi connectivity index (χ4n) is 3.56. The third-order valence-electron chi connectivity index (χ3n) is 4.85. The van der Waals surface area contributed by atoms with Gasteiger partial charge < -0.3 is 10.0 Å². The van der Waals surface area contributed by atoms with Crippen molar-refractivity contribution in [1.82, 2.24) is 9.88 Å². The summed E-state index contributed by atoms with van der Waals surface area (Å²) in [5.41, 5.74) is 2.26. The van der Waals surface area contributed by atoms with Crippen LogP contribution in [0.5, 0.6) is 0 Å². The van der Waals surface area contributed by atoms with E-state index in [1.807, 2.05) is 11.0 Å². The molecule has 3 heterocycles. The zero-order valence-electron chi connectivity index (χ0n) is 14.2. The normalized spacial score (nSPS) is 20.2. The van der Waals surface area contributed by atoms with E-state index in [9.17, 15) is 9.59 Å². The highest BCUT2D eigenvalue weighted by atomic mass is 16.3. The molecule has 0 spiro atoms. The fourth-order valence-corrected chi connectivity index (χ4v) is 3.56. The smallest absolute Gasteiger partial charge is 0.262 e. The summed E-state index contributed by atoms with van der Waals surface area (Å²) in [5, 5.41) is 9.09. The van der Waals surface area contributed by atoms with E-state index in [-0.39, 0.29) is 31.0 Å². The lowest BCUT2D eigenvalue weighted by Gasteiger charge is -2.25. The Morgan fingerprint density at radius 3 is 2.92 bits per heavy atom. The Labute approximate surface area is 142 Å². The predicted molar refractivity (Wildman–Crippen MR) is 91.0 cm³/mol. The Bertz CT molecular complexity index is 632. The quantitative estimate of drug-likeness (QED) is 0.804. The molecule has 24 heavy (non-hydrogen) atoms. The highest BCUT2D eigenvalue weighted by molar-refractivity contribution is 6.12. The van der Waals surface area contributed by atoms with Gasteiger partial charge in [0.15, 0.2) is 0 Å². The van der Waals surface area contributed by atoms with Gasteiger partial charge in [0.25, 0.3) is 11.8 Å². The number of carbonyl (C=O) groups is 2. The molecule has 3 rings (SSSR count). The summed E-state index contributed by atoms with van der Waals surface area (Å²) in [7, 11) is 0. The van der Waals surface area contributed by atoms with Crippen molar-refractivity contribution >= 4 is 17.5 Å². The molecule has 1 fully saturated rings. The highest BCUT2D eigenvalue weighted by Gasteiger charge is 2.41. The first-order valence-corrected chi connectivity index (χ1v) is 8.89. The van der Waals surface area contributed by atoms with Gasteiger partial charge in [-0.3, -0.25) is 19.5 Å². The van der Waals surface area contributed by atoms with Gasteiger partial charge in [-0.1, -0.05) is 13.3 Å². The molecule has 1 saturated heterocycles. The van der Waals surface area contributed by atoms with Crippen molar-refractivity contribution in [1.29, 1.82) is 0 Å². The summed E-state index contributed by atoms with van der Waals surface area (Å²) in [4.78, 5) is 33.7. The number of carbonyl (C=O) groups excluding carboxylic acids is 2. The van der Waals surface area contributed by atoms with Crippen molar-refractivity contribution in [3.05, 3.63) is 23.5 Å². The Morgan fingerprint density at radius 2 is 2.17 bits per heavy atom. The van der Waals surface area contributed by atoms with Crippen LogP contribution >= 0.6 is 0 Å². The number of rotatable bonds is 6. The van der Waals surface area contributed by atoms with E-state index in [4.69, 9.17) is 5.11 Å². The SMILES string of the molecule is CCCCc1cc2c(cn1)N1CCCC1C(=O)N(CCCO)C2=O. The summed E-state index contributed by atoms with van der Waals surface area (Å²) < 4.78 is 0. The number of anilines is 1. The molecule has 0 aromatic carbocycles. The maximum atomic E-state index is 13.0. The Morgan fingerprint density at radius 1 is 1.33 bits per heavy atom. The minimum absolute atomic E-state index is 0.0314. The standard InChI is InChI=1S/C18H25N3O3/c1-2-3-6-13-11-14-16(12-19-13)20-8-4-7-15(20)18(24)21(17(14)23)9-5-10-22/h11-12,15,22H,2-10H2,1H3. The van der Waals surface area contributed by atoms with Crippen molar-refractivity contribution in [2.45, 2.75) is 51.5 Å². The lowest BCUT2D eigenvalue weighted by atomic mass is 10.1. The molecule has 2 amide bonds. The van der Waals surface area contributed by atoms with Crippen LogP contribution in [0.15, 0.2) is 12.3 Å². The van der Waals surface area contributed by atoms with Gasteiger partial charge in [0.05, 0.1) is 17.4 Å². The molecule has 1 N–H and O–H groups in total. The fraction of sp³-hybridized carbons (Fsp3) is 0.611. The topological polar surface area (TPSA) is 73.7 Å². The number of amides is 2. The van der Waals surface area contributed by atoms with E-state index in [0.717, 1.165) is 50.0 Å². The van der Waals surface area contributed by atoms with Gasteiger partial charge in [-0.15, -0.1) is 0 Å². The number of unbranched alkanes of at least 4 members (excludes halogenated alkanes) is 1. The summed E-state index contributed by atoms with van der Waals surface area (Å²) in [5.74, 6) is -0.393. The highest BCUT2D eigenvalue weighted by Crippen LogP contribution is 2.33. The van der Waals surface area contributed by atoms with Gasteiger partial charge in [0.2, 0.25) is 0 Å². The van der Waals surface area contributed by atoms with Crippen molar-refractivity contribution < 1.29 is 14.7 Å². The summed E-state index contributed by atoms with van der Waals surface area (Å²) >= 11 is 0. The van der Waals surface area contributed by atoms with E-state index < -0.39 is 0 Å².